The zero-order valence-electron chi connectivity index (χ0n) is 12.8. The van der Waals surface area contributed by atoms with Crippen molar-refractivity contribution in [1.29, 1.82) is 0 Å². The van der Waals surface area contributed by atoms with Crippen LogP contribution in [0.2, 0.25) is 0 Å². The molecular weight excluding hydrogens is 285 g/mol. The van der Waals surface area contributed by atoms with Crippen LogP contribution >= 0.6 is 0 Å². The fourth-order valence-corrected chi connectivity index (χ4v) is 3.57. The van der Waals surface area contributed by atoms with Gasteiger partial charge >= 0.3 is 0 Å². The van der Waals surface area contributed by atoms with Crippen molar-refractivity contribution in [3.8, 4) is 0 Å². The van der Waals surface area contributed by atoms with Gasteiger partial charge in [0.05, 0.1) is 18.3 Å². The monoisotopic (exact) mass is 307 g/mol. The number of halogens is 1. The van der Waals surface area contributed by atoms with Crippen molar-refractivity contribution in [2.45, 2.75) is 38.3 Å². The number of benzene rings is 1. The maximum Gasteiger partial charge on any atom is 0.257 e. The van der Waals surface area contributed by atoms with E-state index < -0.39 is 11.9 Å². The van der Waals surface area contributed by atoms with Crippen molar-refractivity contribution in [1.82, 2.24) is 4.90 Å². The Labute approximate surface area is 129 Å². The van der Waals surface area contributed by atoms with Crippen molar-refractivity contribution in [2.24, 2.45) is 5.92 Å². The number of ether oxygens (including phenoxy) is 1. The Kier molecular flexibility index (Phi) is 4.45. The quantitative estimate of drug-likeness (QED) is 0.910. The van der Waals surface area contributed by atoms with Gasteiger partial charge in [0, 0.05) is 25.1 Å². The van der Waals surface area contributed by atoms with E-state index >= 15 is 0 Å². The van der Waals surface area contributed by atoms with Gasteiger partial charge in [-0.05, 0) is 37.8 Å². The predicted octanol–water partition coefficient (Wildman–Crippen LogP) is 2.14. The van der Waals surface area contributed by atoms with Gasteiger partial charge in [-0.25, -0.2) is 4.39 Å². The molecule has 0 aromatic heterocycles. The van der Waals surface area contributed by atoms with Gasteiger partial charge in [-0.3, -0.25) is 4.79 Å². The number of hydrogen-bond donors (Lipinski definition) is 1. The van der Waals surface area contributed by atoms with Crippen LogP contribution in [0.5, 0.6) is 0 Å². The highest BCUT2D eigenvalue weighted by Crippen LogP contribution is 2.31. The van der Waals surface area contributed by atoms with Crippen LogP contribution in [0.4, 0.5) is 4.39 Å². The van der Waals surface area contributed by atoms with Crippen molar-refractivity contribution in [3.63, 3.8) is 0 Å². The van der Waals surface area contributed by atoms with E-state index in [9.17, 15) is 14.3 Å². The Morgan fingerprint density at radius 2 is 2.23 bits per heavy atom. The molecule has 1 aromatic carbocycles. The molecule has 0 aliphatic carbocycles. The van der Waals surface area contributed by atoms with E-state index in [4.69, 9.17) is 4.74 Å². The lowest BCUT2D eigenvalue weighted by atomic mass is 9.89. The van der Waals surface area contributed by atoms with Crippen LogP contribution in [0.25, 0.3) is 0 Å². The molecule has 1 amide bonds. The minimum atomic E-state index is -0.450. The standard InChI is InChI=1S/C17H22FNO3/c1-11-4-2-5-12(16(11)18)17(21)19-8-3-6-14(19)13-10-22-9-7-15(13)20/h2,4-5,13-15,20H,3,6-10H2,1H3/t13-,14-,15-/m1/s1. The van der Waals surface area contributed by atoms with Crippen LogP contribution < -0.4 is 0 Å². The molecule has 5 heteroatoms. The van der Waals surface area contributed by atoms with E-state index in [1.165, 1.54) is 6.07 Å². The molecule has 2 aliphatic rings. The van der Waals surface area contributed by atoms with Gasteiger partial charge in [0.2, 0.25) is 0 Å². The normalized spacial score (nSPS) is 28.9. The molecule has 3 atom stereocenters. The van der Waals surface area contributed by atoms with Gasteiger partial charge in [-0.2, -0.15) is 0 Å². The highest BCUT2D eigenvalue weighted by Gasteiger charge is 2.40. The number of likely N-dealkylation sites (tertiary alicyclic amines) is 1. The van der Waals surface area contributed by atoms with Crippen LogP contribution in [0.1, 0.15) is 35.2 Å². The lowest BCUT2D eigenvalue weighted by molar-refractivity contribution is -0.0589. The zero-order chi connectivity index (χ0) is 15.7. The molecule has 2 saturated heterocycles. The summed E-state index contributed by atoms with van der Waals surface area (Å²) in [6, 6.07) is 4.83. The van der Waals surface area contributed by atoms with Gasteiger partial charge in [0.15, 0.2) is 0 Å². The summed E-state index contributed by atoms with van der Waals surface area (Å²) in [5.41, 5.74) is 0.598. The maximum absolute atomic E-state index is 14.2. The van der Waals surface area contributed by atoms with Crippen molar-refractivity contribution >= 4 is 5.91 Å². The smallest absolute Gasteiger partial charge is 0.257 e. The summed E-state index contributed by atoms with van der Waals surface area (Å²) in [6.07, 6.45) is 1.87. The van der Waals surface area contributed by atoms with Gasteiger partial charge < -0.3 is 14.7 Å². The van der Waals surface area contributed by atoms with E-state index in [-0.39, 0.29) is 23.4 Å². The van der Waals surface area contributed by atoms with E-state index in [0.717, 1.165) is 12.8 Å². The second-order valence-corrected chi connectivity index (χ2v) is 6.24. The lowest BCUT2D eigenvalue weighted by Gasteiger charge is -2.37. The molecule has 120 valence electrons. The molecule has 3 rings (SSSR count). The molecule has 4 nitrogen and oxygen atoms in total. The molecule has 0 unspecified atom stereocenters. The largest absolute Gasteiger partial charge is 0.393 e. The topological polar surface area (TPSA) is 49.8 Å². The summed E-state index contributed by atoms with van der Waals surface area (Å²) in [4.78, 5) is 14.5. The fourth-order valence-electron chi connectivity index (χ4n) is 3.57. The minimum absolute atomic E-state index is 0.0669. The number of carbonyl (C=O) groups is 1. The molecule has 0 spiro atoms. The van der Waals surface area contributed by atoms with Crippen LogP contribution in [0.15, 0.2) is 18.2 Å². The molecule has 2 fully saturated rings. The summed E-state index contributed by atoms with van der Waals surface area (Å²) >= 11 is 0. The Balaban J connectivity index is 1.83. The highest BCUT2D eigenvalue weighted by atomic mass is 19.1. The lowest BCUT2D eigenvalue weighted by Crippen LogP contribution is -2.48. The number of nitrogens with zero attached hydrogens (tertiary/aromatic N) is 1. The number of aliphatic hydroxyl groups excluding tert-OH is 1. The number of hydrogen-bond acceptors (Lipinski definition) is 3. The fraction of sp³-hybridized carbons (Fsp3) is 0.588. The van der Waals surface area contributed by atoms with Gasteiger partial charge in [0.1, 0.15) is 5.82 Å². The third-order valence-electron chi connectivity index (χ3n) is 4.84. The zero-order valence-corrected chi connectivity index (χ0v) is 12.8. The molecule has 0 saturated carbocycles. The summed E-state index contributed by atoms with van der Waals surface area (Å²) in [7, 11) is 0. The van der Waals surface area contributed by atoms with E-state index in [2.05, 4.69) is 0 Å². The highest BCUT2D eigenvalue weighted by molar-refractivity contribution is 5.95. The first-order valence-electron chi connectivity index (χ1n) is 7.91. The summed E-state index contributed by atoms with van der Waals surface area (Å²) in [5.74, 6) is -0.798. The van der Waals surface area contributed by atoms with Crippen molar-refractivity contribution in [3.05, 3.63) is 35.1 Å². The first-order chi connectivity index (χ1) is 10.6. The second-order valence-electron chi connectivity index (χ2n) is 6.24. The number of amides is 1. The van der Waals surface area contributed by atoms with Crippen LogP contribution in [-0.4, -0.2) is 47.8 Å². The SMILES string of the molecule is Cc1cccc(C(=O)N2CCC[C@@H]2[C@H]2COCC[C@H]2O)c1F. The maximum atomic E-state index is 14.2. The number of aryl methyl sites for hydroxylation is 1. The molecule has 1 N–H and O–H groups in total. The number of rotatable bonds is 2. The van der Waals surface area contributed by atoms with Gasteiger partial charge in [-0.15, -0.1) is 0 Å². The van der Waals surface area contributed by atoms with Crippen LogP contribution in [0, 0.1) is 18.7 Å². The Morgan fingerprint density at radius 1 is 1.41 bits per heavy atom. The van der Waals surface area contributed by atoms with E-state index in [1.807, 2.05) is 0 Å². The Hall–Kier alpha value is -1.46. The van der Waals surface area contributed by atoms with Gasteiger partial charge in [0.25, 0.3) is 5.91 Å². The number of aliphatic hydroxyl groups is 1. The van der Waals surface area contributed by atoms with E-state index in [0.29, 0.717) is 31.7 Å². The summed E-state index contributed by atoms with van der Waals surface area (Å²) in [6.45, 7) is 3.29. The van der Waals surface area contributed by atoms with Crippen molar-refractivity contribution in [2.75, 3.05) is 19.8 Å². The van der Waals surface area contributed by atoms with E-state index in [1.54, 1.807) is 24.0 Å². The second kappa shape index (κ2) is 6.34. The molecule has 1 aromatic rings. The first kappa shape index (κ1) is 15.4. The first-order valence-corrected chi connectivity index (χ1v) is 7.91. The Bertz CT molecular complexity index is 563. The number of carbonyl (C=O) groups excluding carboxylic acids is 1. The average Bonchev–Trinajstić information content (AvgIpc) is 2.99. The molecule has 0 radical (unpaired) electrons. The molecule has 0 bridgehead atoms. The summed E-state index contributed by atoms with van der Waals surface area (Å²) < 4.78 is 19.7. The Morgan fingerprint density at radius 3 is 3.00 bits per heavy atom. The van der Waals surface area contributed by atoms with Gasteiger partial charge in [-0.1, -0.05) is 12.1 Å². The molecular formula is C17H22FNO3. The van der Waals surface area contributed by atoms with Crippen molar-refractivity contribution < 1.29 is 19.0 Å². The average molecular weight is 307 g/mol. The third-order valence-corrected chi connectivity index (χ3v) is 4.84. The molecule has 22 heavy (non-hydrogen) atoms. The molecule has 2 heterocycles. The third kappa shape index (κ3) is 2.75. The van der Waals surface area contributed by atoms with Crippen LogP contribution in [-0.2, 0) is 4.74 Å². The molecule has 2 aliphatic heterocycles. The summed E-state index contributed by atoms with van der Waals surface area (Å²) in [5, 5.41) is 10.2. The predicted molar refractivity (Wildman–Crippen MR) is 80.1 cm³/mol. The minimum Gasteiger partial charge on any atom is -0.393 e. The van der Waals surface area contributed by atoms with Crippen LogP contribution in [0.3, 0.4) is 0 Å².